The van der Waals surface area contributed by atoms with Crippen LogP contribution in [-0.4, -0.2) is 12.1 Å². The van der Waals surface area contributed by atoms with Crippen LogP contribution in [0.2, 0.25) is 0 Å². The zero-order valence-corrected chi connectivity index (χ0v) is 5.68. The summed E-state index contributed by atoms with van der Waals surface area (Å²) in [5.74, 6) is 0. The van der Waals surface area contributed by atoms with E-state index in [2.05, 4.69) is 4.99 Å². The summed E-state index contributed by atoms with van der Waals surface area (Å²) in [5.41, 5.74) is 6.79. The fraction of sp³-hybridized carbons (Fsp3) is 0.333. The maximum atomic E-state index is 6.59. The molecule has 0 radical (unpaired) electrons. The van der Waals surface area contributed by atoms with Gasteiger partial charge >= 0.3 is 0 Å². The quantitative estimate of drug-likeness (QED) is 0.418. The van der Waals surface area contributed by atoms with Crippen molar-refractivity contribution in [1.29, 1.82) is 5.41 Å². The molecule has 0 aromatic carbocycles. The van der Waals surface area contributed by atoms with Crippen molar-refractivity contribution in [2.75, 3.05) is 0 Å². The van der Waals surface area contributed by atoms with Crippen molar-refractivity contribution < 1.29 is 0 Å². The monoisotopic (exact) mass is 125 g/mol. The van der Waals surface area contributed by atoms with Crippen molar-refractivity contribution in [3.05, 3.63) is 11.8 Å². The van der Waals surface area contributed by atoms with Crippen LogP contribution in [0.5, 0.6) is 0 Å². The van der Waals surface area contributed by atoms with Gasteiger partial charge in [0, 0.05) is 11.4 Å². The van der Waals surface area contributed by atoms with Gasteiger partial charge in [-0.25, -0.2) is 4.99 Å². The fourth-order valence-electron chi connectivity index (χ4n) is 0.469. The molecule has 0 saturated carbocycles. The van der Waals surface area contributed by atoms with E-state index in [1.807, 2.05) is 0 Å². The van der Waals surface area contributed by atoms with Crippen LogP contribution in [-0.2, 0) is 0 Å². The van der Waals surface area contributed by atoms with E-state index in [0.717, 1.165) is 12.1 Å². The second kappa shape index (κ2) is 3.83. The van der Waals surface area contributed by atoms with Crippen LogP contribution < -0.4 is 5.73 Å². The molecule has 0 aromatic rings. The topological polar surface area (TPSA) is 62.2 Å². The Bertz CT molecular complexity index is 152. The van der Waals surface area contributed by atoms with Gasteiger partial charge in [0.05, 0.1) is 0 Å². The number of nitrogens with two attached hydrogens (primary N) is 1. The van der Waals surface area contributed by atoms with E-state index in [4.69, 9.17) is 11.1 Å². The van der Waals surface area contributed by atoms with Crippen LogP contribution in [0.25, 0.3) is 0 Å². The van der Waals surface area contributed by atoms with E-state index < -0.39 is 0 Å². The number of allylic oxidation sites excluding steroid dienone is 2. The first-order chi connectivity index (χ1) is 4.16. The van der Waals surface area contributed by atoms with E-state index in [0.29, 0.717) is 5.70 Å². The Morgan fingerprint density at radius 1 is 1.56 bits per heavy atom. The highest BCUT2D eigenvalue weighted by Gasteiger charge is 1.80. The van der Waals surface area contributed by atoms with E-state index >= 15 is 0 Å². The van der Waals surface area contributed by atoms with Gasteiger partial charge in [0.15, 0.2) is 0 Å². The molecule has 0 unspecified atom stereocenters. The molecule has 3 heteroatoms. The fourth-order valence-corrected chi connectivity index (χ4v) is 0.469. The number of hydrogen-bond donors (Lipinski definition) is 2. The molecule has 0 fully saturated rings. The minimum Gasteiger partial charge on any atom is -0.402 e. The van der Waals surface area contributed by atoms with Crippen molar-refractivity contribution in [3.63, 3.8) is 0 Å². The van der Waals surface area contributed by atoms with Gasteiger partial charge in [0.2, 0.25) is 0 Å². The number of nitrogens with one attached hydrogen (secondary N) is 1. The molecule has 0 aliphatic rings. The van der Waals surface area contributed by atoms with Gasteiger partial charge in [-0.3, -0.25) is 5.41 Å². The van der Waals surface area contributed by atoms with E-state index in [9.17, 15) is 0 Å². The number of aliphatic imine (C=N–C) groups is 1. The summed E-state index contributed by atoms with van der Waals surface area (Å²) in [4.78, 5) is 3.67. The smallest absolute Gasteiger partial charge is 0.107 e. The zero-order valence-electron chi connectivity index (χ0n) is 5.68. The van der Waals surface area contributed by atoms with E-state index in [1.165, 1.54) is 0 Å². The van der Waals surface area contributed by atoms with E-state index in [1.54, 1.807) is 19.9 Å². The Labute approximate surface area is 54.8 Å². The average Bonchev–Trinajstić information content (AvgIpc) is 1.63. The summed E-state index contributed by atoms with van der Waals surface area (Å²) in [6.45, 7) is 3.57. The standard InChI is InChI=1S/C6H11N3/c1-5(8)3-6(2)9-4-7/h3-4,7H,8H2,1-2H3/b5-3+,7-4?,9-6-. The molecule has 0 spiro atoms. The SMILES string of the molecule is CC(/C=C(\C)N)=N/C=N. The minimum atomic E-state index is 0.707. The number of hydrogen-bond acceptors (Lipinski definition) is 2. The Morgan fingerprint density at radius 2 is 2.11 bits per heavy atom. The summed E-state index contributed by atoms with van der Waals surface area (Å²) in [6, 6.07) is 0. The lowest BCUT2D eigenvalue weighted by atomic mass is 10.3. The van der Waals surface area contributed by atoms with Crippen molar-refractivity contribution in [1.82, 2.24) is 0 Å². The van der Waals surface area contributed by atoms with Crippen LogP contribution in [0, 0.1) is 5.41 Å². The molecule has 0 amide bonds. The summed E-state index contributed by atoms with van der Waals surface area (Å²) < 4.78 is 0. The van der Waals surface area contributed by atoms with Gasteiger partial charge in [0.1, 0.15) is 6.34 Å². The second-order valence-electron chi connectivity index (χ2n) is 1.79. The Hall–Kier alpha value is -1.12. The van der Waals surface area contributed by atoms with Crippen LogP contribution in [0.15, 0.2) is 16.8 Å². The third-order valence-corrected chi connectivity index (χ3v) is 0.705. The summed E-state index contributed by atoms with van der Waals surface area (Å²) >= 11 is 0. The maximum absolute atomic E-state index is 6.59. The first-order valence-corrected chi connectivity index (χ1v) is 2.64. The molecule has 9 heavy (non-hydrogen) atoms. The van der Waals surface area contributed by atoms with E-state index in [-0.39, 0.29) is 0 Å². The maximum Gasteiger partial charge on any atom is 0.107 e. The highest BCUT2D eigenvalue weighted by atomic mass is 14.8. The van der Waals surface area contributed by atoms with Crippen molar-refractivity contribution in [2.24, 2.45) is 10.7 Å². The summed E-state index contributed by atoms with van der Waals surface area (Å²) in [7, 11) is 0. The highest BCUT2D eigenvalue weighted by Crippen LogP contribution is 1.82. The zero-order chi connectivity index (χ0) is 7.28. The van der Waals surface area contributed by atoms with Crippen LogP contribution in [0.3, 0.4) is 0 Å². The largest absolute Gasteiger partial charge is 0.402 e. The molecular weight excluding hydrogens is 114 g/mol. The molecular formula is C6H11N3. The normalized spacial score (nSPS) is 13.6. The van der Waals surface area contributed by atoms with Crippen molar-refractivity contribution >= 4 is 12.1 Å². The number of rotatable bonds is 2. The minimum absolute atomic E-state index is 0.707. The highest BCUT2D eigenvalue weighted by molar-refractivity contribution is 5.97. The summed E-state index contributed by atoms with van der Waals surface area (Å²) in [5, 5.41) is 6.59. The van der Waals surface area contributed by atoms with Gasteiger partial charge in [-0.1, -0.05) is 0 Å². The summed E-state index contributed by atoms with van der Waals surface area (Å²) in [6.07, 6.45) is 2.71. The van der Waals surface area contributed by atoms with Gasteiger partial charge in [-0.05, 0) is 19.9 Å². The molecule has 0 atom stereocenters. The molecule has 0 aliphatic carbocycles. The average molecular weight is 125 g/mol. The molecule has 3 N–H and O–H groups in total. The molecule has 0 aromatic heterocycles. The number of nitrogens with zero attached hydrogens (tertiary/aromatic N) is 1. The Balaban J connectivity index is 4.05. The molecule has 50 valence electrons. The predicted molar refractivity (Wildman–Crippen MR) is 39.8 cm³/mol. The first-order valence-electron chi connectivity index (χ1n) is 2.64. The Morgan fingerprint density at radius 3 is 2.44 bits per heavy atom. The Kier molecular flexibility index (Phi) is 3.35. The lowest BCUT2D eigenvalue weighted by Crippen LogP contribution is -1.95. The second-order valence-corrected chi connectivity index (χ2v) is 1.79. The lowest BCUT2D eigenvalue weighted by Gasteiger charge is -1.88. The van der Waals surface area contributed by atoms with Gasteiger partial charge in [-0.15, -0.1) is 0 Å². The van der Waals surface area contributed by atoms with Crippen molar-refractivity contribution in [2.45, 2.75) is 13.8 Å². The molecule has 0 saturated heterocycles. The molecule has 0 bridgehead atoms. The molecule has 3 nitrogen and oxygen atoms in total. The lowest BCUT2D eigenvalue weighted by molar-refractivity contribution is 1.32. The predicted octanol–water partition coefficient (Wildman–Crippen LogP) is 0.917. The van der Waals surface area contributed by atoms with Gasteiger partial charge in [-0.2, -0.15) is 0 Å². The first kappa shape index (κ1) is 7.88. The van der Waals surface area contributed by atoms with Gasteiger partial charge < -0.3 is 5.73 Å². The third-order valence-electron chi connectivity index (χ3n) is 0.705. The molecule has 0 heterocycles. The third kappa shape index (κ3) is 4.74. The van der Waals surface area contributed by atoms with Crippen LogP contribution in [0.1, 0.15) is 13.8 Å². The molecule has 0 aliphatic heterocycles. The van der Waals surface area contributed by atoms with Gasteiger partial charge in [0.25, 0.3) is 0 Å². The molecule has 0 rings (SSSR count). The van der Waals surface area contributed by atoms with Crippen LogP contribution >= 0.6 is 0 Å². The van der Waals surface area contributed by atoms with Crippen molar-refractivity contribution in [3.8, 4) is 0 Å². The van der Waals surface area contributed by atoms with Crippen LogP contribution in [0.4, 0.5) is 0 Å².